The Hall–Kier alpha value is -3.87. The Kier molecular flexibility index (Phi) is 6.04. The second-order valence-corrected chi connectivity index (χ2v) is 7.68. The van der Waals surface area contributed by atoms with E-state index in [0.29, 0.717) is 0 Å². The molecule has 0 aliphatic heterocycles. The number of pyridine rings is 2. The van der Waals surface area contributed by atoms with Crippen molar-refractivity contribution >= 4 is 34.5 Å². The number of aliphatic hydroxyl groups excluding tert-OH is 1. The number of aliphatic hydroxyl groups is 1. The summed E-state index contributed by atoms with van der Waals surface area (Å²) in [6, 6.07) is 2.93. The summed E-state index contributed by atoms with van der Waals surface area (Å²) in [6.07, 6.45) is -2.54. The van der Waals surface area contributed by atoms with Gasteiger partial charge in [0.05, 0.1) is 30.2 Å². The molecule has 0 unspecified atom stereocenters. The number of carbonyl (C=O) groups excluding carboxylic acids is 2. The standard InChI is InChI=1S/C21H21F3N6O4/c1-25-20(33)11-8-26-15(29-19(32)10-3-4-10)7-14(11)28-13-5-6-30-16(17(13)34-2)12(9-27-30)18(31)21(22,23)24/h5-10,18,31H,3-4H2,1-2H3,(H,25,33)(H2,26,28,29,32)/t18-/m0/s1. The molecule has 0 saturated heterocycles. The molecule has 3 heterocycles. The number of ether oxygens (including phenoxy) is 1. The average molecular weight is 478 g/mol. The first-order chi connectivity index (χ1) is 16.1. The number of rotatable bonds is 7. The van der Waals surface area contributed by atoms with Gasteiger partial charge in [-0.25, -0.2) is 9.50 Å². The normalized spacial score (nSPS) is 14.5. The number of hydrogen-bond acceptors (Lipinski definition) is 7. The number of nitrogens with zero attached hydrogens (tertiary/aromatic N) is 3. The molecular formula is C21H21F3N6O4. The third kappa shape index (κ3) is 4.46. The highest BCUT2D eigenvalue weighted by atomic mass is 19.4. The Morgan fingerprint density at radius 2 is 2.00 bits per heavy atom. The number of amides is 2. The fourth-order valence-corrected chi connectivity index (χ4v) is 3.42. The molecule has 13 heteroatoms. The smallest absolute Gasteiger partial charge is 0.418 e. The second kappa shape index (κ2) is 8.82. The van der Waals surface area contributed by atoms with E-state index in [1.165, 1.54) is 38.7 Å². The summed E-state index contributed by atoms with van der Waals surface area (Å²) in [4.78, 5) is 28.6. The fourth-order valence-electron chi connectivity index (χ4n) is 3.42. The van der Waals surface area contributed by atoms with Crippen LogP contribution in [0.5, 0.6) is 5.75 Å². The molecule has 1 saturated carbocycles. The van der Waals surface area contributed by atoms with Gasteiger partial charge in [-0.1, -0.05) is 0 Å². The van der Waals surface area contributed by atoms with E-state index in [0.717, 1.165) is 23.6 Å². The van der Waals surface area contributed by atoms with Crippen LogP contribution in [-0.4, -0.2) is 51.9 Å². The number of anilines is 3. The van der Waals surface area contributed by atoms with Crippen LogP contribution in [0.3, 0.4) is 0 Å². The Labute approximate surface area is 191 Å². The van der Waals surface area contributed by atoms with Crippen molar-refractivity contribution in [3.63, 3.8) is 0 Å². The number of nitrogens with one attached hydrogen (secondary N) is 3. The lowest BCUT2D eigenvalue weighted by Crippen LogP contribution is -2.21. The molecule has 34 heavy (non-hydrogen) atoms. The van der Waals surface area contributed by atoms with Crippen molar-refractivity contribution in [3.8, 4) is 5.75 Å². The van der Waals surface area contributed by atoms with Crippen LogP contribution in [0.4, 0.5) is 30.4 Å². The van der Waals surface area contributed by atoms with Crippen LogP contribution < -0.4 is 20.7 Å². The maximum atomic E-state index is 13.2. The van der Waals surface area contributed by atoms with Crippen LogP contribution in [0.25, 0.3) is 5.52 Å². The van der Waals surface area contributed by atoms with Gasteiger partial charge in [0.15, 0.2) is 11.9 Å². The molecule has 1 aliphatic rings. The molecule has 10 nitrogen and oxygen atoms in total. The van der Waals surface area contributed by atoms with E-state index in [1.54, 1.807) is 0 Å². The molecule has 180 valence electrons. The van der Waals surface area contributed by atoms with E-state index in [4.69, 9.17) is 4.74 Å². The summed E-state index contributed by atoms with van der Waals surface area (Å²) >= 11 is 0. The minimum absolute atomic E-state index is 0.0402. The third-order valence-electron chi connectivity index (χ3n) is 5.32. The van der Waals surface area contributed by atoms with Crippen molar-refractivity contribution in [1.29, 1.82) is 0 Å². The minimum atomic E-state index is -4.91. The number of carbonyl (C=O) groups is 2. The Morgan fingerprint density at radius 1 is 1.26 bits per heavy atom. The number of aromatic nitrogens is 3. The van der Waals surface area contributed by atoms with Crippen LogP contribution in [-0.2, 0) is 4.79 Å². The van der Waals surface area contributed by atoms with E-state index < -0.39 is 23.8 Å². The van der Waals surface area contributed by atoms with Gasteiger partial charge in [-0.05, 0) is 18.9 Å². The SMILES string of the molecule is CNC(=O)c1cnc(NC(=O)C2CC2)cc1Nc1ccn2ncc([C@H](O)C(F)(F)F)c2c1OC. The average Bonchev–Trinajstić information content (AvgIpc) is 3.57. The predicted molar refractivity (Wildman–Crippen MR) is 115 cm³/mol. The zero-order valence-corrected chi connectivity index (χ0v) is 18.1. The molecule has 0 bridgehead atoms. The lowest BCUT2D eigenvalue weighted by molar-refractivity contribution is -0.206. The predicted octanol–water partition coefficient (Wildman–Crippen LogP) is 2.79. The number of halogens is 3. The first-order valence-corrected chi connectivity index (χ1v) is 10.2. The lowest BCUT2D eigenvalue weighted by atomic mass is 10.1. The number of alkyl halides is 3. The topological polar surface area (TPSA) is 130 Å². The van der Waals surface area contributed by atoms with Gasteiger partial charge in [-0.2, -0.15) is 18.3 Å². The quantitative estimate of drug-likeness (QED) is 0.411. The minimum Gasteiger partial charge on any atom is -0.492 e. The van der Waals surface area contributed by atoms with Gasteiger partial charge < -0.3 is 25.8 Å². The molecule has 3 aromatic rings. The summed E-state index contributed by atoms with van der Waals surface area (Å²) in [5.74, 6) is -0.575. The van der Waals surface area contributed by atoms with E-state index in [2.05, 4.69) is 26.0 Å². The zero-order chi connectivity index (χ0) is 24.6. The molecule has 4 N–H and O–H groups in total. The first-order valence-electron chi connectivity index (χ1n) is 10.2. The van der Waals surface area contributed by atoms with Gasteiger partial charge in [0.1, 0.15) is 11.3 Å². The Morgan fingerprint density at radius 3 is 2.62 bits per heavy atom. The van der Waals surface area contributed by atoms with E-state index in [1.807, 2.05) is 0 Å². The summed E-state index contributed by atoms with van der Waals surface area (Å²) < 4.78 is 46.1. The molecule has 0 spiro atoms. The summed E-state index contributed by atoms with van der Waals surface area (Å²) in [7, 11) is 2.68. The fraction of sp³-hybridized carbons (Fsp3) is 0.333. The number of methoxy groups -OCH3 is 1. The number of fused-ring (bicyclic) bond motifs is 1. The lowest BCUT2D eigenvalue weighted by Gasteiger charge is -2.18. The van der Waals surface area contributed by atoms with Crippen molar-refractivity contribution in [2.24, 2.45) is 5.92 Å². The molecule has 4 rings (SSSR count). The largest absolute Gasteiger partial charge is 0.492 e. The Bertz CT molecular complexity index is 1260. The van der Waals surface area contributed by atoms with Crippen molar-refractivity contribution in [1.82, 2.24) is 19.9 Å². The molecule has 3 aromatic heterocycles. The van der Waals surface area contributed by atoms with Crippen molar-refractivity contribution in [2.75, 3.05) is 24.8 Å². The van der Waals surface area contributed by atoms with E-state index >= 15 is 0 Å². The van der Waals surface area contributed by atoms with Gasteiger partial charge in [0.25, 0.3) is 5.91 Å². The monoisotopic (exact) mass is 478 g/mol. The van der Waals surface area contributed by atoms with E-state index in [9.17, 15) is 27.9 Å². The first kappa shape index (κ1) is 23.3. The molecule has 1 aliphatic carbocycles. The second-order valence-electron chi connectivity index (χ2n) is 7.68. The highest BCUT2D eigenvalue weighted by Gasteiger charge is 2.41. The highest BCUT2D eigenvalue weighted by Crippen LogP contribution is 2.41. The summed E-state index contributed by atoms with van der Waals surface area (Å²) in [5, 5.41) is 21.8. The maximum absolute atomic E-state index is 13.2. The molecule has 2 amide bonds. The van der Waals surface area contributed by atoms with Crippen LogP contribution >= 0.6 is 0 Å². The molecular weight excluding hydrogens is 457 g/mol. The molecule has 0 aromatic carbocycles. The van der Waals surface area contributed by atoms with Crippen LogP contribution in [0, 0.1) is 5.92 Å². The summed E-state index contributed by atoms with van der Waals surface area (Å²) in [6.45, 7) is 0. The zero-order valence-electron chi connectivity index (χ0n) is 18.1. The van der Waals surface area contributed by atoms with Gasteiger partial charge >= 0.3 is 6.18 Å². The highest BCUT2D eigenvalue weighted by molar-refractivity contribution is 6.01. The van der Waals surface area contributed by atoms with Crippen molar-refractivity contribution in [2.45, 2.75) is 25.1 Å². The molecule has 1 atom stereocenters. The third-order valence-corrected chi connectivity index (χ3v) is 5.32. The summed E-state index contributed by atoms with van der Waals surface area (Å²) in [5.41, 5.74) is -0.0536. The van der Waals surface area contributed by atoms with Gasteiger partial charge in [-0.15, -0.1) is 0 Å². The van der Waals surface area contributed by atoms with Crippen LogP contribution in [0.15, 0.2) is 30.7 Å². The van der Waals surface area contributed by atoms with Gasteiger partial charge in [-0.3, -0.25) is 9.59 Å². The van der Waals surface area contributed by atoms with Gasteiger partial charge in [0, 0.05) is 37.0 Å². The van der Waals surface area contributed by atoms with Gasteiger partial charge in [0.2, 0.25) is 5.91 Å². The Balaban J connectivity index is 1.77. The molecule has 1 fully saturated rings. The van der Waals surface area contributed by atoms with Crippen LogP contribution in [0.2, 0.25) is 0 Å². The van der Waals surface area contributed by atoms with E-state index in [-0.39, 0.29) is 45.8 Å². The number of hydrogen-bond donors (Lipinski definition) is 4. The maximum Gasteiger partial charge on any atom is 0.418 e. The van der Waals surface area contributed by atoms with Crippen LogP contribution in [0.1, 0.15) is 34.9 Å². The molecule has 0 radical (unpaired) electrons. The van der Waals surface area contributed by atoms with Crippen molar-refractivity contribution < 1.29 is 32.6 Å². The van der Waals surface area contributed by atoms with Crippen molar-refractivity contribution in [3.05, 3.63) is 41.9 Å².